The van der Waals surface area contributed by atoms with Crippen LogP contribution in [-0.4, -0.2) is 59.0 Å². The minimum absolute atomic E-state index is 0.00477. The van der Waals surface area contributed by atoms with E-state index in [2.05, 4.69) is 10.3 Å². The highest BCUT2D eigenvalue weighted by molar-refractivity contribution is 7.12. The van der Waals surface area contributed by atoms with Crippen LogP contribution in [0.5, 0.6) is 5.75 Å². The molecule has 2 aliphatic rings. The molecule has 2 saturated heterocycles. The largest absolute Gasteiger partial charge is 0.487 e. The molecule has 2 aliphatic heterocycles. The Kier molecular flexibility index (Phi) is 5.30. The van der Waals surface area contributed by atoms with Crippen LogP contribution >= 0.6 is 11.3 Å². The molecule has 0 radical (unpaired) electrons. The Morgan fingerprint density at radius 2 is 1.81 bits per heavy atom. The van der Waals surface area contributed by atoms with Crippen molar-refractivity contribution in [2.24, 2.45) is 0 Å². The number of hydrogen-bond donors (Lipinski definition) is 1. The maximum absolute atomic E-state index is 12.4. The lowest BCUT2D eigenvalue weighted by molar-refractivity contribution is 0.0182. The van der Waals surface area contributed by atoms with E-state index in [0.29, 0.717) is 32.1 Å². The van der Waals surface area contributed by atoms with Crippen LogP contribution in [-0.2, 0) is 0 Å². The van der Waals surface area contributed by atoms with Crippen LogP contribution in [0.25, 0.3) is 0 Å². The SMILES string of the molecule is O=C(Nc1ccc(OC2CN(C(=O)c3cccs3)C2)cc1)N1CC(c2cccnc2)C1. The van der Waals surface area contributed by atoms with Gasteiger partial charge in [0.1, 0.15) is 11.9 Å². The van der Waals surface area contributed by atoms with Crippen LogP contribution in [0.1, 0.15) is 21.2 Å². The number of pyridine rings is 1. The number of nitrogens with zero attached hydrogens (tertiary/aromatic N) is 3. The van der Waals surface area contributed by atoms with Gasteiger partial charge >= 0.3 is 6.03 Å². The number of thiophene rings is 1. The molecule has 8 heteroatoms. The molecule has 1 aromatic carbocycles. The fourth-order valence-corrected chi connectivity index (χ4v) is 4.41. The minimum Gasteiger partial charge on any atom is -0.487 e. The maximum atomic E-state index is 12.4. The van der Waals surface area contributed by atoms with E-state index in [9.17, 15) is 9.59 Å². The molecule has 0 atom stereocenters. The number of benzene rings is 1. The Morgan fingerprint density at radius 1 is 1.00 bits per heavy atom. The molecule has 0 saturated carbocycles. The van der Waals surface area contributed by atoms with Crippen molar-refractivity contribution < 1.29 is 14.3 Å². The van der Waals surface area contributed by atoms with Crippen molar-refractivity contribution >= 4 is 29.0 Å². The van der Waals surface area contributed by atoms with Gasteiger partial charge in [-0.3, -0.25) is 9.78 Å². The van der Waals surface area contributed by atoms with E-state index < -0.39 is 0 Å². The smallest absolute Gasteiger partial charge is 0.321 e. The Labute approximate surface area is 184 Å². The summed E-state index contributed by atoms with van der Waals surface area (Å²) in [5.41, 5.74) is 1.89. The van der Waals surface area contributed by atoms with E-state index in [-0.39, 0.29) is 18.0 Å². The van der Waals surface area contributed by atoms with Gasteiger partial charge in [0.25, 0.3) is 5.91 Å². The summed E-state index contributed by atoms with van der Waals surface area (Å²) in [5.74, 6) is 1.14. The Balaban J connectivity index is 1.06. The van der Waals surface area contributed by atoms with Crippen molar-refractivity contribution in [2.45, 2.75) is 12.0 Å². The molecular weight excluding hydrogens is 412 g/mol. The third-order valence-electron chi connectivity index (χ3n) is 5.60. The predicted molar refractivity (Wildman–Crippen MR) is 119 cm³/mol. The van der Waals surface area contributed by atoms with Gasteiger partial charge in [-0.2, -0.15) is 0 Å². The number of likely N-dealkylation sites (tertiary alicyclic amines) is 2. The standard InChI is InChI=1S/C23H22N4O3S/c28-22(21-4-2-10-31-21)26-14-20(15-26)30-19-7-5-18(6-8-19)25-23(29)27-12-17(13-27)16-3-1-9-24-11-16/h1-11,17,20H,12-15H2,(H,25,29). The van der Waals surface area contributed by atoms with Crippen molar-refractivity contribution in [3.05, 3.63) is 76.7 Å². The molecule has 0 bridgehead atoms. The minimum atomic E-state index is -0.101. The molecule has 0 unspecified atom stereocenters. The molecule has 4 heterocycles. The Morgan fingerprint density at radius 3 is 2.48 bits per heavy atom. The van der Waals surface area contributed by atoms with Gasteiger partial charge in [0.2, 0.25) is 0 Å². The van der Waals surface area contributed by atoms with Crippen LogP contribution in [0, 0.1) is 0 Å². The summed E-state index contributed by atoms with van der Waals surface area (Å²) in [4.78, 5) is 33.1. The topological polar surface area (TPSA) is 74.8 Å². The van der Waals surface area contributed by atoms with Gasteiger partial charge in [0.15, 0.2) is 0 Å². The molecule has 1 N–H and O–H groups in total. The molecule has 2 fully saturated rings. The number of amides is 3. The molecule has 0 spiro atoms. The summed E-state index contributed by atoms with van der Waals surface area (Å²) < 4.78 is 5.93. The highest BCUT2D eigenvalue weighted by atomic mass is 32.1. The normalized spacial score (nSPS) is 16.4. The molecule has 7 nitrogen and oxygen atoms in total. The lowest BCUT2D eigenvalue weighted by Crippen LogP contribution is -2.56. The van der Waals surface area contributed by atoms with E-state index in [4.69, 9.17) is 4.74 Å². The van der Waals surface area contributed by atoms with Crippen molar-refractivity contribution in [3.63, 3.8) is 0 Å². The van der Waals surface area contributed by atoms with Crippen molar-refractivity contribution in [2.75, 3.05) is 31.5 Å². The number of urea groups is 1. The molecule has 3 aromatic rings. The van der Waals surface area contributed by atoms with Crippen molar-refractivity contribution in [1.29, 1.82) is 0 Å². The van der Waals surface area contributed by atoms with E-state index in [1.165, 1.54) is 16.9 Å². The van der Waals surface area contributed by atoms with E-state index >= 15 is 0 Å². The van der Waals surface area contributed by atoms with Crippen LogP contribution in [0.2, 0.25) is 0 Å². The number of carbonyl (C=O) groups excluding carboxylic acids is 2. The molecule has 5 rings (SSSR count). The van der Waals surface area contributed by atoms with Gasteiger partial charge < -0.3 is 19.9 Å². The summed E-state index contributed by atoms with van der Waals surface area (Å²) in [6.45, 7) is 2.56. The van der Waals surface area contributed by atoms with Crippen LogP contribution in [0.4, 0.5) is 10.5 Å². The first kappa shape index (κ1) is 19.6. The number of anilines is 1. The number of nitrogens with one attached hydrogen (secondary N) is 1. The summed E-state index contributed by atoms with van der Waals surface area (Å²) in [6, 6.07) is 14.9. The third-order valence-corrected chi connectivity index (χ3v) is 6.46. The first-order valence-corrected chi connectivity index (χ1v) is 11.1. The zero-order valence-electron chi connectivity index (χ0n) is 16.8. The van der Waals surface area contributed by atoms with E-state index in [1.54, 1.807) is 16.0 Å². The number of hydrogen-bond acceptors (Lipinski definition) is 5. The average molecular weight is 435 g/mol. The quantitative estimate of drug-likeness (QED) is 0.665. The summed E-state index contributed by atoms with van der Waals surface area (Å²) in [7, 11) is 0. The van der Waals surface area contributed by atoms with Gasteiger partial charge in [0, 0.05) is 37.1 Å². The molecule has 31 heavy (non-hydrogen) atoms. The third kappa shape index (κ3) is 4.25. The predicted octanol–water partition coefficient (Wildman–Crippen LogP) is 3.68. The van der Waals surface area contributed by atoms with Gasteiger partial charge in [-0.1, -0.05) is 12.1 Å². The second-order valence-corrected chi connectivity index (χ2v) is 8.72. The number of rotatable bonds is 5. The van der Waals surface area contributed by atoms with Gasteiger partial charge in [-0.05, 0) is 47.3 Å². The highest BCUT2D eigenvalue weighted by Crippen LogP contribution is 2.27. The van der Waals surface area contributed by atoms with E-state index in [0.717, 1.165) is 16.3 Å². The second-order valence-electron chi connectivity index (χ2n) is 7.77. The molecule has 0 aliphatic carbocycles. The monoisotopic (exact) mass is 434 g/mol. The van der Waals surface area contributed by atoms with Crippen LogP contribution < -0.4 is 10.1 Å². The number of aromatic nitrogens is 1. The first-order chi connectivity index (χ1) is 15.2. The summed E-state index contributed by atoms with van der Waals surface area (Å²) in [6.07, 6.45) is 3.61. The molecular formula is C23H22N4O3S. The molecule has 2 aromatic heterocycles. The lowest BCUT2D eigenvalue weighted by Gasteiger charge is -2.39. The first-order valence-electron chi connectivity index (χ1n) is 10.2. The van der Waals surface area contributed by atoms with Gasteiger partial charge in [0.05, 0.1) is 18.0 Å². The zero-order valence-corrected chi connectivity index (χ0v) is 17.6. The fraction of sp³-hybridized carbons (Fsp3) is 0.261. The fourth-order valence-electron chi connectivity index (χ4n) is 3.72. The molecule has 3 amide bonds. The Bertz CT molecular complexity index is 1040. The van der Waals surface area contributed by atoms with E-state index in [1.807, 2.05) is 60.1 Å². The Hall–Kier alpha value is -3.39. The number of ether oxygens (including phenoxy) is 1. The maximum Gasteiger partial charge on any atom is 0.321 e. The lowest BCUT2D eigenvalue weighted by atomic mass is 9.93. The van der Waals surface area contributed by atoms with Crippen LogP contribution in [0.3, 0.4) is 0 Å². The summed E-state index contributed by atoms with van der Waals surface area (Å²) >= 11 is 1.45. The highest BCUT2D eigenvalue weighted by Gasteiger charge is 2.33. The molecule has 158 valence electrons. The second kappa shape index (κ2) is 8.39. The summed E-state index contributed by atoms with van der Waals surface area (Å²) in [5, 5.41) is 4.83. The van der Waals surface area contributed by atoms with Crippen LogP contribution in [0.15, 0.2) is 66.3 Å². The number of carbonyl (C=O) groups is 2. The zero-order chi connectivity index (χ0) is 21.2. The van der Waals surface area contributed by atoms with Gasteiger partial charge in [-0.15, -0.1) is 11.3 Å². The van der Waals surface area contributed by atoms with Crippen molar-refractivity contribution in [1.82, 2.24) is 14.8 Å². The van der Waals surface area contributed by atoms with Gasteiger partial charge in [-0.25, -0.2) is 4.79 Å². The van der Waals surface area contributed by atoms with Crippen molar-refractivity contribution in [3.8, 4) is 5.75 Å². The average Bonchev–Trinajstić information content (AvgIpc) is 3.26.